The Balaban J connectivity index is 1.58. The number of likely N-dealkylation sites (tertiary alicyclic amines) is 1. The van der Waals surface area contributed by atoms with E-state index in [4.69, 9.17) is 4.74 Å². The lowest BCUT2D eigenvalue weighted by atomic mass is 9.81. The van der Waals surface area contributed by atoms with Crippen LogP contribution in [-0.4, -0.2) is 35.5 Å². The number of ether oxygens (including phenoxy) is 1. The van der Waals surface area contributed by atoms with Crippen molar-refractivity contribution in [2.24, 2.45) is 11.8 Å². The molecule has 0 spiro atoms. The first-order valence-electron chi connectivity index (χ1n) is 7.23. The van der Waals surface area contributed by atoms with Crippen LogP contribution in [0.5, 0.6) is 0 Å². The highest BCUT2D eigenvalue weighted by Crippen LogP contribution is 2.38. The number of hydrogen-bond acceptors (Lipinski definition) is 3. The summed E-state index contributed by atoms with van der Waals surface area (Å²) in [7, 11) is 0. The van der Waals surface area contributed by atoms with Crippen LogP contribution < -0.4 is 0 Å². The fourth-order valence-corrected chi connectivity index (χ4v) is 3.50. The molecule has 0 aromatic heterocycles. The van der Waals surface area contributed by atoms with E-state index in [1.807, 2.05) is 0 Å². The number of carbonyl (C=O) groups excluding carboxylic acids is 2. The van der Waals surface area contributed by atoms with Gasteiger partial charge in [0.1, 0.15) is 0 Å². The first kappa shape index (κ1) is 12.2. The van der Waals surface area contributed by atoms with E-state index in [-0.39, 0.29) is 29.8 Å². The van der Waals surface area contributed by atoms with Crippen LogP contribution in [-0.2, 0) is 14.3 Å². The summed E-state index contributed by atoms with van der Waals surface area (Å²) in [5, 5.41) is 0. The quantitative estimate of drug-likeness (QED) is 0.565. The molecule has 2 amide bonds. The molecule has 0 aromatic rings. The van der Waals surface area contributed by atoms with E-state index in [2.05, 4.69) is 6.92 Å². The predicted molar refractivity (Wildman–Crippen MR) is 65.7 cm³/mol. The summed E-state index contributed by atoms with van der Waals surface area (Å²) in [5.41, 5.74) is 0. The monoisotopic (exact) mass is 251 g/mol. The van der Waals surface area contributed by atoms with Crippen molar-refractivity contribution < 1.29 is 14.3 Å². The lowest BCUT2D eigenvalue weighted by molar-refractivity contribution is -0.140. The van der Waals surface area contributed by atoms with Gasteiger partial charge >= 0.3 is 0 Å². The first-order valence-corrected chi connectivity index (χ1v) is 7.23. The van der Waals surface area contributed by atoms with Crippen LogP contribution in [0.1, 0.15) is 45.4 Å². The van der Waals surface area contributed by atoms with Gasteiger partial charge in [0.2, 0.25) is 11.8 Å². The number of imide groups is 1. The van der Waals surface area contributed by atoms with Crippen molar-refractivity contribution >= 4 is 11.8 Å². The average Bonchev–Trinajstić information content (AvgIpc) is 3.12. The van der Waals surface area contributed by atoms with Gasteiger partial charge in [-0.05, 0) is 25.7 Å². The zero-order valence-corrected chi connectivity index (χ0v) is 10.9. The van der Waals surface area contributed by atoms with Crippen LogP contribution in [0.25, 0.3) is 0 Å². The minimum absolute atomic E-state index is 0.00616. The minimum Gasteiger partial charge on any atom is -0.370 e. The molecule has 4 heteroatoms. The van der Waals surface area contributed by atoms with Gasteiger partial charge in [-0.3, -0.25) is 14.5 Å². The van der Waals surface area contributed by atoms with Crippen molar-refractivity contribution in [3.8, 4) is 0 Å². The number of nitrogens with zero attached hydrogens (tertiary/aromatic N) is 1. The maximum Gasteiger partial charge on any atom is 0.233 e. The van der Waals surface area contributed by atoms with Gasteiger partial charge in [-0.25, -0.2) is 0 Å². The molecule has 2 aliphatic heterocycles. The van der Waals surface area contributed by atoms with Gasteiger partial charge in [0.05, 0.1) is 24.0 Å². The molecule has 3 fully saturated rings. The Morgan fingerprint density at radius 1 is 1.11 bits per heavy atom. The van der Waals surface area contributed by atoms with Crippen LogP contribution in [0.15, 0.2) is 0 Å². The molecule has 4 unspecified atom stereocenters. The molecule has 0 N–H and O–H groups in total. The normalized spacial score (nSPS) is 39.1. The van der Waals surface area contributed by atoms with Gasteiger partial charge in [-0.1, -0.05) is 19.8 Å². The number of amides is 2. The van der Waals surface area contributed by atoms with Crippen LogP contribution in [0.3, 0.4) is 0 Å². The Bertz CT molecular complexity index is 344. The number of rotatable bonds is 4. The highest BCUT2D eigenvalue weighted by atomic mass is 16.6. The van der Waals surface area contributed by atoms with Crippen LogP contribution in [0.2, 0.25) is 0 Å². The average molecular weight is 251 g/mol. The molecule has 0 aromatic carbocycles. The zero-order valence-electron chi connectivity index (χ0n) is 10.9. The number of fused-ring (bicyclic) bond motifs is 1. The van der Waals surface area contributed by atoms with Crippen molar-refractivity contribution in [2.75, 3.05) is 6.54 Å². The molecule has 18 heavy (non-hydrogen) atoms. The standard InChI is InChI=1S/C14H21NO3/c1-2-11-12(18-11)7-8-15-13(16)9-5-3-4-6-10(9)14(15)17/h9-12H,2-8H2,1H3. The zero-order chi connectivity index (χ0) is 12.7. The summed E-state index contributed by atoms with van der Waals surface area (Å²) in [6.45, 7) is 2.66. The molecule has 0 radical (unpaired) electrons. The van der Waals surface area contributed by atoms with Crippen LogP contribution in [0, 0.1) is 11.8 Å². The van der Waals surface area contributed by atoms with Crippen molar-refractivity contribution in [1.29, 1.82) is 0 Å². The summed E-state index contributed by atoms with van der Waals surface area (Å²) in [6.07, 6.45) is 6.48. The van der Waals surface area contributed by atoms with Crippen molar-refractivity contribution in [3.05, 3.63) is 0 Å². The minimum atomic E-state index is -0.00616. The van der Waals surface area contributed by atoms with Gasteiger partial charge in [0.15, 0.2) is 0 Å². The molecule has 3 aliphatic rings. The number of hydrogen-bond donors (Lipinski definition) is 0. The van der Waals surface area contributed by atoms with Crippen molar-refractivity contribution in [3.63, 3.8) is 0 Å². The molecule has 2 saturated heterocycles. The molecule has 1 saturated carbocycles. The third-order valence-corrected chi connectivity index (χ3v) is 4.66. The smallest absolute Gasteiger partial charge is 0.233 e. The molecule has 1 aliphatic carbocycles. The second-order valence-corrected chi connectivity index (χ2v) is 5.74. The Kier molecular flexibility index (Phi) is 3.14. The van der Waals surface area contributed by atoms with E-state index in [0.29, 0.717) is 12.6 Å². The van der Waals surface area contributed by atoms with Crippen molar-refractivity contribution in [1.82, 2.24) is 4.90 Å². The topological polar surface area (TPSA) is 49.9 Å². The summed E-state index contributed by atoms with van der Waals surface area (Å²) in [5.74, 6) is 0.151. The van der Waals surface area contributed by atoms with Gasteiger partial charge < -0.3 is 4.74 Å². The maximum absolute atomic E-state index is 12.2. The predicted octanol–water partition coefficient (Wildman–Crippen LogP) is 1.73. The van der Waals surface area contributed by atoms with Crippen molar-refractivity contribution in [2.45, 2.75) is 57.7 Å². The van der Waals surface area contributed by atoms with Gasteiger partial charge in [-0.15, -0.1) is 0 Å². The van der Waals surface area contributed by atoms with E-state index >= 15 is 0 Å². The van der Waals surface area contributed by atoms with E-state index in [1.165, 1.54) is 4.90 Å². The molecule has 100 valence electrons. The molecule has 4 atom stereocenters. The SMILES string of the molecule is CCC1OC1CCN1C(=O)C2CCCCC2C1=O. The summed E-state index contributed by atoms with van der Waals surface area (Å²) >= 11 is 0. The summed E-state index contributed by atoms with van der Waals surface area (Å²) in [6, 6.07) is 0. The summed E-state index contributed by atoms with van der Waals surface area (Å²) in [4.78, 5) is 25.9. The molecule has 2 heterocycles. The van der Waals surface area contributed by atoms with Gasteiger partial charge in [-0.2, -0.15) is 0 Å². The third-order valence-electron chi connectivity index (χ3n) is 4.66. The van der Waals surface area contributed by atoms with E-state index in [0.717, 1.165) is 38.5 Å². The molecular formula is C14H21NO3. The second-order valence-electron chi connectivity index (χ2n) is 5.74. The molecule has 4 nitrogen and oxygen atoms in total. The summed E-state index contributed by atoms with van der Waals surface area (Å²) < 4.78 is 5.47. The molecular weight excluding hydrogens is 230 g/mol. The van der Waals surface area contributed by atoms with E-state index < -0.39 is 0 Å². The van der Waals surface area contributed by atoms with Gasteiger partial charge in [0, 0.05) is 6.54 Å². The van der Waals surface area contributed by atoms with E-state index in [9.17, 15) is 9.59 Å². The third kappa shape index (κ3) is 1.96. The second kappa shape index (κ2) is 4.65. The van der Waals surface area contributed by atoms with E-state index in [1.54, 1.807) is 0 Å². The molecule has 0 bridgehead atoms. The lowest BCUT2D eigenvalue weighted by Gasteiger charge is -2.19. The fraction of sp³-hybridized carbons (Fsp3) is 0.857. The Morgan fingerprint density at radius 2 is 1.72 bits per heavy atom. The maximum atomic E-state index is 12.2. The number of epoxide rings is 1. The van der Waals surface area contributed by atoms with Crippen LogP contribution in [0.4, 0.5) is 0 Å². The number of carbonyl (C=O) groups is 2. The highest BCUT2D eigenvalue weighted by Gasteiger charge is 2.48. The molecule has 3 rings (SSSR count). The van der Waals surface area contributed by atoms with Crippen LogP contribution >= 0.6 is 0 Å². The Hall–Kier alpha value is -0.900. The largest absolute Gasteiger partial charge is 0.370 e. The lowest BCUT2D eigenvalue weighted by Crippen LogP contribution is -2.32. The van der Waals surface area contributed by atoms with Gasteiger partial charge in [0.25, 0.3) is 0 Å². The fourth-order valence-electron chi connectivity index (χ4n) is 3.50. The Morgan fingerprint density at radius 3 is 2.22 bits per heavy atom. The Labute approximate surface area is 108 Å². The first-order chi connectivity index (χ1) is 8.72. The highest BCUT2D eigenvalue weighted by molar-refractivity contribution is 6.05.